The molecule has 0 N–H and O–H groups in total. The van der Waals surface area contributed by atoms with Crippen LogP contribution in [0.1, 0.15) is 50.2 Å². The number of fused-ring (bicyclic) bond motifs is 1. The lowest BCUT2D eigenvalue weighted by Crippen LogP contribution is -2.57. The SMILES string of the molecule is C=CCON1C(=O)CC(C(=O)OC)C12CCN(Cc1ccc3c(c1)CCCN3CCC)CC2. The standard InChI is InChI=1S/C26H37N3O4/c1-4-12-28-13-6-7-21-17-20(8-9-23(21)28)19-27-14-10-26(11-15-27)22(25(31)32-3)18-24(30)29(26)33-16-5-2/h5,8-9,17,22H,2,4,6-7,10-16,18-19H2,1,3H3. The van der Waals surface area contributed by atoms with E-state index < -0.39 is 11.5 Å². The number of ether oxygens (including phenoxy) is 1. The van der Waals surface area contributed by atoms with Crippen LogP contribution >= 0.6 is 0 Å². The minimum absolute atomic E-state index is 0.142. The van der Waals surface area contributed by atoms with Crippen molar-refractivity contribution in [1.82, 2.24) is 9.96 Å². The van der Waals surface area contributed by atoms with E-state index in [2.05, 4.69) is 41.5 Å². The smallest absolute Gasteiger partial charge is 0.311 e. The summed E-state index contributed by atoms with van der Waals surface area (Å²) >= 11 is 0. The van der Waals surface area contributed by atoms with E-state index in [0.717, 1.165) is 39.1 Å². The number of piperidine rings is 1. The van der Waals surface area contributed by atoms with Crippen molar-refractivity contribution in [3.63, 3.8) is 0 Å². The lowest BCUT2D eigenvalue weighted by Gasteiger charge is -2.45. The average Bonchev–Trinajstić information content (AvgIpc) is 3.09. The molecular formula is C26H37N3O4. The van der Waals surface area contributed by atoms with Crippen molar-refractivity contribution >= 4 is 17.6 Å². The molecule has 1 aromatic carbocycles. The third kappa shape index (κ3) is 4.66. The largest absolute Gasteiger partial charge is 0.469 e. The first-order valence-corrected chi connectivity index (χ1v) is 12.3. The van der Waals surface area contributed by atoms with Crippen molar-refractivity contribution < 1.29 is 19.2 Å². The summed E-state index contributed by atoms with van der Waals surface area (Å²) in [4.78, 5) is 35.9. The van der Waals surface area contributed by atoms with Crippen LogP contribution in [0.5, 0.6) is 0 Å². The third-order valence-electron chi connectivity index (χ3n) is 7.45. The molecule has 0 aliphatic carbocycles. The Labute approximate surface area is 197 Å². The molecule has 1 aromatic rings. The van der Waals surface area contributed by atoms with Gasteiger partial charge in [-0.1, -0.05) is 25.1 Å². The van der Waals surface area contributed by atoms with E-state index in [1.54, 1.807) is 6.08 Å². The van der Waals surface area contributed by atoms with Crippen LogP contribution in [0.4, 0.5) is 5.69 Å². The Hall–Kier alpha value is -2.38. The highest BCUT2D eigenvalue weighted by Gasteiger charge is 2.58. The number of anilines is 1. The first-order valence-electron chi connectivity index (χ1n) is 12.3. The number of hydrogen-bond donors (Lipinski definition) is 0. The Morgan fingerprint density at radius 1 is 1.27 bits per heavy atom. The van der Waals surface area contributed by atoms with Crippen LogP contribution < -0.4 is 4.90 Å². The molecule has 1 spiro atoms. The Morgan fingerprint density at radius 2 is 2.06 bits per heavy atom. The maximum Gasteiger partial charge on any atom is 0.311 e. The van der Waals surface area contributed by atoms with Crippen LogP contribution in [-0.4, -0.2) is 67.3 Å². The first-order chi connectivity index (χ1) is 16.0. The van der Waals surface area contributed by atoms with Crippen LogP contribution in [-0.2, 0) is 32.1 Å². The topological polar surface area (TPSA) is 62.3 Å². The van der Waals surface area contributed by atoms with Gasteiger partial charge in [0.1, 0.15) is 0 Å². The zero-order valence-corrected chi connectivity index (χ0v) is 20.1. The van der Waals surface area contributed by atoms with E-state index in [1.165, 1.54) is 41.8 Å². The lowest BCUT2D eigenvalue weighted by molar-refractivity contribution is -0.218. The summed E-state index contributed by atoms with van der Waals surface area (Å²) in [6.45, 7) is 10.9. The number of amides is 1. The highest BCUT2D eigenvalue weighted by atomic mass is 16.7. The van der Waals surface area contributed by atoms with Crippen molar-refractivity contribution in [2.45, 2.75) is 57.5 Å². The van der Waals surface area contributed by atoms with Gasteiger partial charge in [0, 0.05) is 44.8 Å². The molecular weight excluding hydrogens is 418 g/mol. The molecule has 0 bridgehead atoms. The maximum atomic E-state index is 12.7. The molecule has 3 aliphatic heterocycles. The number of benzene rings is 1. The van der Waals surface area contributed by atoms with Crippen molar-refractivity contribution in [3.8, 4) is 0 Å². The van der Waals surface area contributed by atoms with Crippen LogP contribution in [0.2, 0.25) is 0 Å². The summed E-state index contributed by atoms with van der Waals surface area (Å²) in [6, 6.07) is 6.92. The third-order valence-corrected chi connectivity index (χ3v) is 7.45. The van der Waals surface area contributed by atoms with Gasteiger partial charge in [-0.15, -0.1) is 6.58 Å². The lowest BCUT2D eigenvalue weighted by atomic mass is 9.77. The molecule has 1 amide bonds. The number of hydrogen-bond acceptors (Lipinski definition) is 6. The van der Waals surface area contributed by atoms with E-state index in [1.807, 2.05) is 0 Å². The molecule has 180 valence electrons. The summed E-state index contributed by atoms with van der Waals surface area (Å²) < 4.78 is 5.05. The molecule has 0 aromatic heterocycles. The number of likely N-dealkylation sites (tertiary alicyclic amines) is 1. The van der Waals surface area contributed by atoms with Gasteiger partial charge in [0.2, 0.25) is 5.91 Å². The quantitative estimate of drug-likeness (QED) is 0.443. The zero-order chi connectivity index (χ0) is 23.4. The summed E-state index contributed by atoms with van der Waals surface area (Å²) in [5.74, 6) is -0.963. The molecule has 2 fully saturated rings. The van der Waals surface area contributed by atoms with E-state index in [-0.39, 0.29) is 24.9 Å². The van der Waals surface area contributed by atoms with Gasteiger partial charge in [-0.25, -0.2) is 5.06 Å². The maximum absolute atomic E-state index is 12.7. The number of aryl methyl sites for hydroxylation is 1. The van der Waals surface area contributed by atoms with Crippen molar-refractivity contribution in [3.05, 3.63) is 42.0 Å². The van der Waals surface area contributed by atoms with Crippen molar-refractivity contribution in [2.75, 3.05) is 44.8 Å². The highest BCUT2D eigenvalue weighted by molar-refractivity contribution is 5.88. The van der Waals surface area contributed by atoms with Gasteiger partial charge >= 0.3 is 5.97 Å². The van der Waals surface area contributed by atoms with Gasteiger partial charge in [-0.3, -0.25) is 19.3 Å². The second-order valence-electron chi connectivity index (χ2n) is 9.49. The fraction of sp³-hybridized carbons (Fsp3) is 0.615. The second kappa shape index (κ2) is 10.3. The monoisotopic (exact) mass is 455 g/mol. The Morgan fingerprint density at radius 3 is 2.76 bits per heavy atom. The van der Waals surface area contributed by atoms with Gasteiger partial charge < -0.3 is 9.64 Å². The van der Waals surface area contributed by atoms with Crippen LogP contribution in [0.25, 0.3) is 0 Å². The molecule has 1 unspecified atom stereocenters. The molecule has 3 heterocycles. The number of hydroxylamine groups is 2. The first kappa shape index (κ1) is 23.8. The van der Waals surface area contributed by atoms with Gasteiger partial charge in [-0.05, 0) is 49.3 Å². The van der Waals surface area contributed by atoms with Crippen LogP contribution in [0.3, 0.4) is 0 Å². The average molecular weight is 456 g/mol. The Bertz CT molecular complexity index is 878. The molecule has 33 heavy (non-hydrogen) atoms. The van der Waals surface area contributed by atoms with Gasteiger partial charge in [-0.2, -0.15) is 0 Å². The molecule has 4 rings (SSSR count). The number of carbonyl (C=O) groups is 2. The highest BCUT2D eigenvalue weighted by Crippen LogP contribution is 2.44. The second-order valence-corrected chi connectivity index (χ2v) is 9.49. The predicted molar refractivity (Wildman–Crippen MR) is 128 cm³/mol. The summed E-state index contributed by atoms with van der Waals surface area (Å²) in [7, 11) is 1.39. The fourth-order valence-corrected chi connectivity index (χ4v) is 5.85. The Balaban J connectivity index is 1.45. The molecule has 7 heteroatoms. The van der Waals surface area contributed by atoms with E-state index in [9.17, 15) is 9.59 Å². The molecule has 3 aliphatic rings. The van der Waals surface area contributed by atoms with Crippen molar-refractivity contribution in [2.24, 2.45) is 5.92 Å². The summed E-state index contributed by atoms with van der Waals surface area (Å²) in [6.07, 6.45) is 6.66. The Kier molecular flexibility index (Phi) is 7.39. The molecule has 7 nitrogen and oxygen atoms in total. The number of carbonyl (C=O) groups excluding carboxylic acids is 2. The minimum Gasteiger partial charge on any atom is -0.469 e. The molecule has 1 atom stereocenters. The van der Waals surface area contributed by atoms with Crippen molar-refractivity contribution in [1.29, 1.82) is 0 Å². The van der Waals surface area contributed by atoms with E-state index in [0.29, 0.717) is 12.8 Å². The van der Waals surface area contributed by atoms with Crippen LogP contribution in [0.15, 0.2) is 30.9 Å². The number of esters is 1. The van der Waals surface area contributed by atoms with E-state index >= 15 is 0 Å². The number of nitrogens with zero attached hydrogens (tertiary/aromatic N) is 3. The summed E-state index contributed by atoms with van der Waals surface area (Å²) in [5, 5.41) is 1.47. The molecule has 0 saturated carbocycles. The summed E-state index contributed by atoms with van der Waals surface area (Å²) in [5.41, 5.74) is 3.54. The number of rotatable bonds is 8. The van der Waals surface area contributed by atoms with Gasteiger partial charge in [0.05, 0.1) is 25.2 Å². The minimum atomic E-state index is -0.639. The fourth-order valence-electron chi connectivity index (χ4n) is 5.85. The van der Waals surface area contributed by atoms with Gasteiger partial charge in [0.25, 0.3) is 0 Å². The van der Waals surface area contributed by atoms with E-state index in [4.69, 9.17) is 9.57 Å². The van der Waals surface area contributed by atoms with Crippen LogP contribution in [0, 0.1) is 5.92 Å². The molecule has 0 radical (unpaired) electrons. The predicted octanol–water partition coefficient (Wildman–Crippen LogP) is 3.32. The molecule has 2 saturated heterocycles. The van der Waals surface area contributed by atoms with Gasteiger partial charge in [0.15, 0.2) is 0 Å². The normalized spacial score (nSPS) is 22.5. The number of methoxy groups -OCH3 is 1. The zero-order valence-electron chi connectivity index (χ0n) is 20.1.